The summed E-state index contributed by atoms with van der Waals surface area (Å²) >= 11 is 0. The molecule has 0 aliphatic heterocycles. The Hall–Kier alpha value is -0.550. The SMILES string of the molecule is CC(NCCCCC#N)C12CC3CC(CC(C3)C1)C2. The van der Waals surface area contributed by atoms with Crippen LogP contribution in [0.15, 0.2) is 0 Å². The van der Waals surface area contributed by atoms with Crippen molar-refractivity contribution in [1.82, 2.24) is 5.32 Å². The summed E-state index contributed by atoms with van der Waals surface area (Å²) in [5.74, 6) is 3.15. The summed E-state index contributed by atoms with van der Waals surface area (Å²) in [6.07, 6.45) is 12.0. The summed E-state index contributed by atoms with van der Waals surface area (Å²) < 4.78 is 0. The molecule has 106 valence electrons. The van der Waals surface area contributed by atoms with Crippen LogP contribution in [0.3, 0.4) is 0 Å². The largest absolute Gasteiger partial charge is 0.314 e. The van der Waals surface area contributed by atoms with Crippen molar-refractivity contribution in [1.29, 1.82) is 5.26 Å². The summed E-state index contributed by atoms with van der Waals surface area (Å²) in [5, 5.41) is 12.3. The molecule has 4 bridgehead atoms. The number of nitrogens with one attached hydrogen (secondary N) is 1. The normalized spacial score (nSPS) is 41.2. The molecule has 1 unspecified atom stereocenters. The number of unbranched alkanes of at least 4 members (excludes halogenated alkanes) is 2. The minimum Gasteiger partial charge on any atom is -0.314 e. The standard InChI is InChI=1S/C17H28N2/c1-13(19-6-4-2-3-5-18)17-10-14-7-15(11-17)9-16(8-14)12-17/h13-16,19H,2-4,6-12H2,1H3. The zero-order chi connectivity index (χ0) is 13.3. The molecule has 2 heteroatoms. The Morgan fingerprint density at radius 1 is 1.11 bits per heavy atom. The summed E-state index contributed by atoms with van der Waals surface area (Å²) in [4.78, 5) is 0. The third-order valence-electron chi connectivity index (χ3n) is 6.17. The van der Waals surface area contributed by atoms with E-state index < -0.39 is 0 Å². The molecule has 19 heavy (non-hydrogen) atoms. The molecule has 0 aromatic heterocycles. The van der Waals surface area contributed by atoms with Gasteiger partial charge >= 0.3 is 0 Å². The van der Waals surface area contributed by atoms with Crippen molar-refractivity contribution in [2.24, 2.45) is 23.2 Å². The van der Waals surface area contributed by atoms with E-state index in [0.29, 0.717) is 17.9 Å². The maximum absolute atomic E-state index is 8.56. The Bertz CT molecular complexity index is 319. The first-order valence-electron chi connectivity index (χ1n) is 8.32. The van der Waals surface area contributed by atoms with Gasteiger partial charge in [-0.05, 0) is 88.0 Å². The molecule has 1 N–H and O–H groups in total. The van der Waals surface area contributed by atoms with E-state index in [1.807, 2.05) is 0 Å². The number of nitrogens with zero attached hydrogens (tertiary/aromatic N) is 1. The highest BCUT2D eigenvalue weighted by molar-refractivity contribution is 5.05. The first-order chi connectivity index (χ1) is 9.22. The van der Waals surface area contributed by atoms with Crippen molar-refractivity contribution < 1.29 is 0 Å². The highest BCUT2D eigenvalue weighted by atomic mass is 14.9. The Labute approximate surface area is 118 Å². The lowest BCUT2D eigenvalue weighted by atomic mass is 9.48. The Kier molecular flexibility index (Phi) is 3.85. The Morgan fingerprint density at radius 3 is 2.21 bits per heavy atom. The average Bonchev–Trinajstić information content (AvgIpc) is 2.36. The van der Waals surface area contributed by atoms with Crippen LogP contribution in [0.2, 0.25) is 0 Å². The maximum Gasteiger partial charge on any atom is 0.0621 e. The molecule has 1 atom stereocenters. The highest BCUT2D eigenvalue weighted by Gasteiger charge is 2.52. The number of hydrogen-bond acceptors (Lipinski definition) is 2. The molecular formula is C17H28N2. The van der Waals surface area contributed by atoms with E-state index in [9.17, 15) is 0 Å². The maximum atomic E-state index is 8.56. The second-order valence-corrected chi connectivity index (χ2v) is 7.57. The fourth-order valence-corrected chi connectivity index (χ4v) is 5.57. The summed E-state index contributed by atoms with van der Waals surface area (Å²) in [5.41, 5.74) is 0.629. The molecule has 0 saturated heterocycles. The zero-order valence-corrected chi connectivity index (χ0v) is 12.3. The first-order valence-corrected chi connectivity index (χ1v) is 8.32. The third kappa shape index (κ3) is 2.68. The third-order valence-corrected chi connectivity index (χ3v) is 6.17. The first kappa shape index (κ1) is 13.4. The predicted octanol–water partition coefficient (Wildman–Crippen LogP) is 3.87. The smallest absolute Gasteiger partial charge is 0.0621 e. The molecule has 0 amide bonds. The van der Waals surface area contributed by atoms with Gasteiger partial charge in [0.2, 0.25) is 0 Å². The fourth-order valence-electron chi connectivity index (χ4n) is 5.57. The number of hydrogen-bond donors (Lipinski definition) is 1. The van der Waals surface area contributed by atoms with Crippen LogP contribution in [-0.2, 0) is 0 Å². The lowest BCUT2D eigenvalue weighted by molar-refractivity contribution is -0.0703. The molecule has 0 aromatic carbocycles. The lowest BCUT2D eigenvalue weighted by Gasteiger charge is -2.59. The van der Waals surface area contributed by atoms with E-state index in [4.69, 9.17) is 5.26 Å². The van der Waals surface area contributed by atoms with E-state index in [1.165, 1.54) is 38.5 Å². The molecule has 0 spiro atoms. The van der Waals surface area contributed by atoms with Gasteiger partial charge in [-0.3, -0.25) is 0 Å². The van der Waals surface area contributed by atoms with Crippen LogP contribution in [0.25, 0.3) is 0 Å². The zero-order valence-electron chi connectivity index (χ0n) is 12.3. The molecule has 4 aliphatic rings. The van der Waals surface area contributed by atoms with Gasteiger partial charge in [-0.15, -0.1) is 0 Å². The van der Waals surface area contributed by atoms with Gasteiger partial charge in [0.25, 0.3) is 0 Å². The minimum atomic E-state index is 0.629. The van der Waals surface area contributed by atoms with E-state index in [2.05, 4.69) is 18.3 Å². The highest BCUT2D eigenvalue weighted by Crippen LogP contribution is 2.61. The van der Waals surface area contributed by atoms with Crippen LogP contribution in [0.4, 0.5) is 0 Å². The minimum absolute atomic E-state index is 0.629. The van der Waals surface area contributed by atoms with Gasteiger partial charge in [0, 0.05) is 12.5 Å². The van der Waals surface area contributed by atoms with Crippen molar-refractivity contribution in [3.8, 4) is 6.07 Å². The van der Waals surface area contributed by atoms with Crippen molar-refractivity contribution >= 4 is 0 Å². The Balaban J connectivity index is 1.52. The van der Waals surface area contributed by atoms with Gasteiger partial charge in [-0.25, -0.2) is 0 Å². The molecule has 4 rings (SSSR count). The van der Waals surface area contributed by atoms with Crippen molar-refractivity contribution in [3.05, 3.63) is 0 Å². The number of nitriles is 1. The topological polar surface area (TPSA) is 35.8 Å². The summed E-state index contributed by atoms with van der Waals surface area (Å²) in [6.45, 7) is 3.53. The van der Waals surface area contributed by atoms with Crippen LogP contribution in [-0.4, -0.2) is 12.6 Å². The van der Waals surface area contributed by atoms with Crippen molar-refractivity contribution in [2.45, 2.75) is 70.8 Å². The van der Waals surface area contributed by atoms with Gasteiger partial charge in [-0.1, -0.05) is 0 Å². The summed E-state index contributed by atoms with van der Waals surface area (Å²) in [7, 11) is 0. The van der Waals surface area contributed by atoms with E-state index in [0.717, 1.165) is 37.1 Å². The molecule has 4 saturated carbocycles. The van der Waals surface area contributed by atoms with Gasteiger partial charge < -0.3 is 5.32 Å². The molecular weight excluding hydrogens is 232 g/mol. The monoisotopic (exact) mass is 260 g/mol. The van der Waals surface area contributed by atoms with Crippen LogP contribution in [0.1, 0.15) is 64.7 Å². The van der Waals surface area contributed by atoms with Crippen molar-refractivity contribution in [2.75, 3.05) is 6.54 Å². The van der Waals surface area contributed by atoms with E-state index in [-0.39, 0.29) is 0 Å². The molecule has 0 heterocycles. The van der Waals surface area contributed by atoms with E-state index in [1.54, 1.807) is 0 Å². The molecule has 4 fully saturated rings. The fraction of sp³-hybridized carbons (Fsp3) is 0.941. The van der Waals surface area contributed by atoms with Crippen LogP contribution < -0.4 is 5.32 Å². The predicted molar refractivity (Wildman–Crippen MR) is 77.5 cm³/mol. The van der Waals surface area contributed by atoms with Gasteiger partial charge in [0.1, 0.15) is 0 Å². The molecule has 0 aromatic rings. The second kappa shape index (κ2) is 5.44. The Morgan fingerprint density at radius 2 is 1.68 bits per heavy atom. The van der Waals surface area contributed by atoms with Crippen molar-refractivity contribution in [3.63, 3.8) is 0 Å². The molecule has 0 radical (unpaired) electrons. The van der Waals surface area contributed by atoms with Crippen LogP contribution in [0.5, 0.6) is 0 Å². The van der Waals surface area contributed by atoms with Gasteiger partial charge in [-0.2, -0.15) is 5.26 Å². The van der Waals surface area contributed by atoms with Crippen LogP contribution in [0, 0.1) is 34.5 Å². The van der Waals surface area contributed by atoms with Gasteiger partial charge in [0.15, 0.2) is 0 Å². The molecule has 4 aliphatic carbocycles. The second-order valence-electron chi connectivity index (χ2n) is 7.57. The number of rotatable bonds is 6. The molecule has 2 nitrogen and oxygen atoms in total. The van der Waals surface area contributed by atoms with E-state index >= 15 is 0 Å². The lowest BCUT2D eigenvalue weighted by Crippen LogP contribution is -2.54. The quantitative estimate of drug-likeness (QED) is 0.736. The summed E-state index contributed by atoms with van der Waals surface area (Å²) in [6, 6.07) is 2.92. The van der Waals surface area contributed by atoms with Gasteiger partial charge in [0.05, 0.1) is 6.07 Å². The van der Waals surface area contributed by atoms with Crippen LogP contribution >= 0.6 is 0 Å². The average molecular weight is 260 g/mol.